The van der Waals surface area contributed by atoms with Gasteiger partial charge in [0.15, 0.2) is 20.0 Å². The zero-order valence-corrected chi connectivity index (χ0v) is 29.8. The Bertz CT molecular complexity index is 1900. The summed E-state index contributed by atoms with van der Waals surface area (Å²) in [6.07, 6.45) is 5.26. The van der Waals surface area contributed by atoms with E-state index in [1.807, 2.05) is 60.7 Å². The normalized spacial score (nSPS) is 12.7. The first kappa shape index (κ1) is 44.4. The second-order valence-electron chi connectivity index (χ2n) is 10.6. The van der Waals surface area contributed by atoms with Crippen molar-refractivity contribution in [1.82, 2.24) is 10.6 Å². The molecule has 0 aliphatic rings. The largest absolute Gasteiger partial charge is 3.00 e. The number of hydrogen-bond donors (Lipinski definition) is 2. The molecule has 0 atom stereocenters. The second-order valence-corrected chi connectivity index (χ2v) is 14.0. The van der Waals surface area contributed by atoms with Gasteiger partial charge in [-0.2, -0.15) is 26.3 Å². The molecule has 0 unspecified atom stereocenters. The van der Waals surface area contributed by atoms with E-state index in [2.05, 4.69) is 20.6 Å². The van der Waals surface area contributed by atoms with Crippen molar-refractivity contribution in [1.29, 1.82) is 0 Å². The summed E-state index contributed by atoms with van der Waals surface area (Å²) in [6.45, 7) is 4.90. The van der Waals surface area contributed by atoms with Crippen LogP contribution in [0.15, 0.2) is 82.8 Å². The van der Waals surface area contributed by atoms with Gasteiger partial charge >= 0.3 is 28.1 Å². The maximum Gasteiger partial charge on any atom is 3.00 e. The van der Waals surface area contributed by atoms with Crippen LogP contribution in [0.5, 0.6) is 11.5 Å². The molecule has 4 aromatic carbocycles. The second kappa shape index (κ2) is 19.9. The molecule has 0 aliphatic carbocycles. The monoisotopic (exact) mass is 815 g/mol. The van der Waals surface area contributed by atoms with Crippen LogP contribution in [0.25, 0.3) is 25.7 Å². The van der Waals surface area contributed by atoms with Gasteiger partial charge in [-0.15, -0.1) is 0 Å². The third-order valence-electron chi connectivity index (χ3n) is 6.84. The quantitative estimate of drug-likeness (QED) is 0.0752. The molecule has 0 radical (unpaired) electrons. The predicted octanol–water partition coefficient (Wildman–Crippen LogP) is 4.69. The topological polar surface area (TPSA) is 177 Å². The third-order valence-corrected chi connectivity index (χ3v) is 9.58. The van der Waals surface area contributed by atoms with Crippen LogP contribution in [-0.4, -0.2) is 79.5 Å². The first-order valence-corrected chi connectivity index (χ1v) is 18.0. The van der Waals surface area contributed by atoms with Gasteiger partial charge in [0.2, 0.25) is 0 Å². The van der Waals surface area contributed by atoms with Gasteiger partial charge < -0.3 is 25.0 Å². The molecule has 0 aliphatic heterocycles. The van der Waals surface area contributed by atoms with Crippen LogP contribution in [0.3, 0.4) is 0 Å². The Labute approximate surface area is 306 Å². The Morgan fingerprint density at radius 3 is 1.33 bits per heavy atom. The SMILES string of the molecule is O=S(=O)([N-]S(=O)(=O)C(F)(F)F)C(F)(F)F.[Mn+3].[O-]c1ccc2ccccc2c1C=NCCCNCCNCCCN=Cc1c([O-])ccc2ccccc12. The zero-order valence-electron chi connectivity index (χ0n) is 27.0. The fourth-order valence-electron chi connectivity index (χ4n) is 4.36. The Morgan fingerprint density at radius 1 is 0.596 bits per heavy atom. The van der Waals surface area contributed by atoms with Gasteiger partial charge in [-0.3, -0.25) is 9.98 Å². The van der Waals surface area contributed by atoms with Crippen LogP contribution in [0.4, 0.5) is 26.3 Å². The molecular weight excluding hydrogens is 783 g/mol. The molecule has 0 heterocycles. The summed E-state index contributed by atoms with van der Waals surface area (Å²) < 4.78 is 109. The van der Waals surface area contributed by atoms with Gasteiger partial charge in [0, 0.05) is 38.6 Å². The van der Waals surface area contributed by atoms with E-state index < -0.39 is 31.1 Å². The van der Waals surface area contributed by atoms with E-state index in [0.717, 1.165) is 64.7 Å². The molecule has 0 saturated carbocycles. The van der Waals surface area contributed by atoms with Gasteiger partial charge in [0.25, 0.3) is 0 Å². The van der Waals surface area contributed by atoms with Gasteiger partial charge in [-0.05, 0) is 58.6 Å². The minimum atomic E-state index is -6.72. The van der Waals surface area contributed by atoms with E-state index in [-0.39, 0.29) is 28.6 Å². The number of halogens is 6. The first-order chi connectivity index (χ1) is 23.9. The Kier molecular flexibility index (Phi) is 17.0. The molecule has 0 amide bonds. The Morgan fingerprint density at radius 2 is 0.962 bits per heavy atom. The molecule has 282 valence electrons. The Balaban J connectivity index is 0.000000497. The summed E-state index contributed by atoms with van der Waals surface area (Å²) >= 11 is 0. The summed E-state index contributed by atoms with van der Waals surface area (Å²) in [6, 6.07) is 22.7. The minimum Gasteiger partial charge on any atom is -0.872 e. The number of benzene rings is 4. The summed E-state index contributed by atoms with van der Waals surface area (Å²) in [4.78, 5) is 8.92. The van der Waals surface area contributed by atoms with E-state index in [1.165, 1.54) is 0 Å². The fraction of sp³-hybridized carbons (Fsp3) is 0.312. The zero-order chi connectivity index (χ0) is 37.7. The van der Waals surface area contributed by atoms with E-state index in [0.29, 0.717) is 24.2 Å². The molecule has 2 N–H and O–H groups in total. The molecule has 52 heavy (non-hydrogen) atoms. The molecule has 4 aromatic rings. The van der Waals surface area contributed by atoms with E-state index >= 15 is 0 Å². The van der Waals surface area contributed by atoms with Crippen molar-refractivity contribution in [3.05, 3.63) is 88.1 Å². The first-order valence-electron chi connectivity index (χ1n) is 15.1. The van der Waals surface area contributed by atoms with Crippen molar-refractivity contribution in [2.24, 2.45) is 9.98 Å². The molecule has 0 saturated heterocycles. The summed E-state index contributed by atoms with van der Waals surface area (Å²) in [5, 5.41) is 35.2. The van der Waals surface area contributed by atoms with Crippen LogP contribution in [0, 0.1) is 0 Å². The summed E-state index contributed by atoms with van der Waals surface area (Å²) in [7, 11) is -13.4. The van der Waals surface area contributed by atoms with Crippen LogP contribution in [-0.2, 0) is 37.1 Å². The van der Waals surface area contributed by atoms with Crippen molar-refractivity contribution in [2.45, 2.75) is 23.9 Å². The number of rotatable bonds is 15. The van der Waals surface area contributed by atoms with Crippen LogP contribution >= 0.6 is 0 Å². The molecule has 11 nitrogen and oxygen atoms in total. The number of hydrogen-bond acceptors (Lipinski definition) is 10. The Hall–Kier alpha value is -3.78. The van der Waals surface area contributed by atoms with E-state index in [9.17, 15) is 53.4 Å². The van der Waals surface area contributed by atoms with Crippen molar-refractivity contribution < 1.29 is 70.5 Å². The van der Waals surface area contributed by atoms with Crippen LogP contribution in [0.2, 0.25) is 0 Å². The average Bonchev–Trinajstić information content (AvgIpc) is 3.05. The standard InChI is InChI=1S/C30H34N4O2.C2F6NO4S2.Mn/c35-29-13-11-23-7-1-3-9-25(23)27(29)21-33-17-5-15-31-19-20-32-16-6-18-34-22-28-26-10-4-2-8-24(26)12-14-30(28)36;3-1(4,5)14(10,11)9-15(12,13)2(6,7)8;/h1-4,7-14,21-22,31-32,35-36H,5-6,15-20H2;;/q;-1;+3/p-2. The number of nitrogens with one attached hydrogen (secondary N) is 2. The number of alkyl halides is 6. The van der Waals surface area contributed by atoms with Crippen molar-refractivity contribution in [3.63, 3.8) is 0 Å². The van der Waals surface area contributed by atoms with Crippen LogP contribution < -0.4 is 20.8 Å². The van der Waals surface area contributed by atoms with Gasteiger partial charge in [0.1, 0.15) is 0 Å². The smallest absolute Gasteiger partial charge is 0.872 e. The van der Waals surface area contributed by atoms with Crippen LogP contribution in [0.1, 0.15) is 24.0 Å². The maximum atomic E-state index is 12.2. The molecular formula is C32H32F6MnN5O6S2. The molecule has 0 fully saturated rings. The maximum absolute atomic E-state index is 12.2. The minimum absolute atomic E-state index is 0. The molecule has 0 bridgehead atoms. The van der Waals surface area contributed by atoms with Gasteiger partial charge in [0.05, 0.1) is 0 Å². The van der Waals surface area contributed by atoms with Gasteiger partial charge in [-0.1, -0.05) is 84.3 Å². The van der Waals surface area contributed by atoms with E-state index in [4.69, 9.17) is 0 Å². The molecule has 0 aromatic heterocycles. The van der Waals surface area contributed by atoms with Crippen molar-refractivity contribution in [2.75, 3.05) is 39.3 Å². The molecule has 4 rings (SSSR count). The number of fused-ring (bicyclic) bond motifs is 2. The number of sulfonamides is 2. The number of nitrogens with zero attached hydrogens (tertiary/aromatic N) is 3. The molecule has 0 spiro atoms. The average molecular weight is 816 g/mol. The third kappa shape index (κ3) is 13.0. The number of aliphatic imine (C=N–C) groups is 2. The van der Waals surface area contributed by atoms with Crippen molar-refractivity contribution in [3.8, 4) is 11.5 Å². The van der Waals surface area contributed by atoms with E-state index in [1.54, 1.807) is 24.6 Å². The summed E-state index contributed by atoms with van der Waals surface area (Å²) in [5.74, 6) is 0.0205. The fourth-order valence-corrected chi connectivity index (χ4v) is 6.07. The van der Waals surface area contributed by atoms with Gasteiger partial charge in [-0.25, -0.2) is 16.8 Å². The molecule has 20 heteroatoms. The predicted molar refractivity (Wildman–Crippen MR) is 180 cm³/mol. The summed E-state index contributed by atoms with van der Waals surface area (Å²) in [5.41, 5.74) is -11.1. The van der Waals surface area contributed by atoms with Crippen molar-refractivity contribution >= 4 is 54.0 Å².